The lowest BCUT2D eigenvalue weighted by atomic mass is 10.1. The molecule has 20 heavy (non-hydrogen) atoms. The highest BCUT2D eigenvalue weighted by atomic mass is 35.7. The molecule has 0 N–H and O–H groups in total. The number of hydrogen-bond acceptors (Lipinski definition) is 4. The van der Waals surface area contributed by atoms with Gasteiger partial charge in [-0.25, -0.2) is 16.8 Å². The van der Waals surface area contributed by atoms with Gasteiger partial charge in [-0.15, -0.1) is 0 Å². The van der Waals surface area contributed by atoms with Gasteiger partial charge in [0.2, 0.25) is 0 Å². The van der Waals surface area contributed by atoms with Crippen molar-refractivity contribution >= 4 is 39.5 Å². The van der Waals surface area contributed by atoms with Crippen LogP contribution in [0.1, 0.15) is 0 Å². The van der Waals surface area contributed by atoms with Gasteiger partial charge in [-0.1, -0.05) is 36.4 Å². The van der Waals surface area contributed by atoms with E-state index in [4.69, 9.17) is 21.4 Å². The van der Waals surface area contributed by atoms with Crippen molar-refractivity contribution in [2.45, 2.75) is 9.79 Å². The Balaban J connectivity index is 2.85. The van der Waals surface area contributed by atoms with Gasteiger partial charge in [-0.3, -0.25) is 0 Å². The Morgan fingerprint density at radius 1 is 0.600 bits per heavy atom. The molecule has 0 radical (unpaired) electrons. The lowest BCUT2D eigenvalue weighted by Gasteiger charge is -2.10. The Morgan fingerprint density at radius 3 is 1.20 bits per heavy atom. The van der Waals surface area contributed by atoms with Crippen molar-refractivity contribution in [2.75, 3.05) is 0 Å². The third-order valence-corrected chi connectivity index (χ3v) is 5.35. The second-order valence-electron chi connectivity index (χ2n) is 3.87. The van der Waals surface area contributed by atoms with E-state index in [9.17, 15) is 16.8 Å². The second kappa shape index (κ2) is 5.37. The Kier molecular flexibility index (Phi) is 4.11. The van der Waals surface area contributed by atoms with Gasteiger partial charge in [-0.05, 0) is 12.1 Å². The largest absolute Gasteiger partial charge is 0.261 e. The zero-order valence-corrected chi connectivity index (χ0v) is 13.0. The quantitative estimate of drug-likeness (QED) is 0.797. The van der Waals surface area contributed by atoms with E-state index in [2.05, 4.69) is 0 Å². The third kappa shape index (κ3) is 3.15. The van der Waals surface area contributed by atoms with Crippen LogP contribution in [0.15, 0.2) is 58.3 Å². The number of rotatable bonds is 3. The molecule has 0 aliphatic carbocycles. The molecule has 2 rings (SSSR count). The Labute approximate surface area is 125 Å². The summed E-state index contributed by atoms with van der Waals surface area (Å²) in [6.07, 6.45) is 0. The number of halogens is 2. The molecule has 0 amide bonds. The lowest BCUT2D eigenvalue weighted by molar-refractivity contribution is 0.607. The van der Waals surface area contributed by atoms with Crippen LogP contribution in [0.25, 0.3) is 11.1 Å². The normalized spacial score (nSPS) is 12.3. The molecular formula is C12H8Cl2O4S2. The first-order valence-electron chi connectivity index (χ1n) is 5.29. The first kappa shape index (κ1) is 15.3. The maximum Gasteiger partial charge on any atom is 0.261 e. The van der Waals surface area contributed by atoms with Gasteiger partial charge in [0.25, 0.3) is 18.1 Å². The van der Waals surface area contributed by atoms with Crippen LogP contribution in [-0.4, -0.2) is 16.8 Å². The fourth-order valence-electron chi connectivity index (χ4n) is 1.80. The summed E-state index contributed by atoms with van der Waals surface area (Å²) in [4.78, 5) is -0.344. The average Bonchev–Trinajstić information content (AvgIpc) is 2.37. The molecule has 0 unspecified atom stereocenters. The van der Waals surface area contributed by atoms with Crippen LogP contribution in [0.4, 0.5) is 0 Å². The van der Waals surface area contributed by atoms with Gasteiger partial charge in [0.1, 0.15) is 0 Å². The van der Waals surface area contributed by atoms with Crippen LogP contribution in [0.5, 0.6) is 0 Å². The summed E-state index contributed by atoms with van der Waals surface area (Å²) in [7, 11) is 2.72. The molecule has 0 fully saturated rings. The van der Waals surface area contributed by atoms with Gasteiger partial charge in [0.05, 0.1) is 9.79 Å². The molecule has 0 saturated carbocycles. The van der Waals surface area contributed by atoms with Crippen molar-refractivity contribution in [3.8, 4) is 11.1 Å². The van der Waals surface area contributed by atoms with Gasteiger partial charge in [0, 0.05) is 32.5 Å². The smallest absolute Gasteiger partial charge is 0.207 e. The molecule has 0 aliphatic rings. The minimum Gasteiger partial charge on any atom is -0.207 e. The summed E-state index contributed by atoms with van der Waals surface area (Å²) in [5, 5.41) is 0. The van der Waals surface area contributed by atoms with Crippen LogP contribution < -0.4 is 0 Å². The summed E-state index contributed by atoms with van der Waals surface area (Å²) < 4.78 is 46.3. The lowest BCUT2D eigenvalue weighted by Crippen LogP contribution is -1.99. The molecule has 0 aliphatic heterocycles. The molecule has 0 bridgehead atoms. The molecule has 106 valence electrons. The molecule has 0 spiro atoms. The highest BCUT2D eigenvalue weighted by molar-refractivity contribution is 8.14. The Morgan fingerprint density at radius 2 is 0.900 bits per heavy atom. The van der Waals surface area contributed by atoms with E-state index in [0.29, 0.717) is 0 Å². The average molecular weight is 351 g/mol. The molecule has 0 heterocycles. The standard InChI is InChI=1S/C12H8Cl2O4S2/c13-19(15,16)11-7-3-1-5-9(11)10-6-2-4-8-12(10)20(14,17)18/h1-8H. The topological polar surface area (TPSA) is 68.3 Å². The van der Waals surface area contributed by atoms with Crippen molar-refractivity contribution in [2.24, 2.45) is 0 Å². The van der Waals surface area contributed by atoms with E-state index in [0.717, 1.165) is 0 Å². The molecule has 0 saturated heterocycles. The highest BCUT2D eigenvalue weighted by Crippen LogP contribution is 2.34. The summed E-state index contributed by atoms with van der Waals surface area (Å²) >= 11 is 0. The molecule has 0 aromatic heterocycles. The summed E-state index contributed by atoms with van der Waals surface area (Å²) in [5.41, 5.74) is 0.365. The second-order valence-corrected chi connectivity index (χ2v) is 8.94. The zero-order chi connectivity index (χ0) is 15.0. The first-order chi connectivity index (χ1) is 9.21. The van der Waals surface area contributed by atoms with E-state index in [1.54, 1.807) is 12.1 Å². The predicted molar refractivity (Wildman–Crippen MR) is 78.0 cm³/mol. The number of hydrogen-bond donors (Lipinski definition) is 0. The van der Waals surface area contributed by atoms with E-state index in [1.807, 2.05) is 0 Å². The first-order valence-corrected chi connectivity index (χ1v) is 9.91. The fraction of sp³-hybridized carbons (Fsp3) is 0. The van der Waals surface area contributed by atoms with Crippen molar-refractivity contribution in [3.05, 3.63) is 48.5 Å². The van der Waals surface area contributed by atoms with Gasteiger partial charge >= 0.3 is 0 Å². The molecule has 0 atom stereocenters. The molecule has 2 aromatic carbocycles. The molecule has 4 nitrogen and oxygen atoms in total. The molecular weight excluding hydrogens is 343 g/mol. The van der Waals surface area contributed by atoms with E-state index in [-0.39, 0.29) is 20.9 Å². The van der Waals surface area contributed by atoms with Crippen molar-refractivity contribution < 1.29 is 16.8 Å². The minimum atomic E-state index is -4.01. The van der Waals surface area contributed by atoms with E-state index >= 15 is 0 Å². The van der Waals surface area contributed by atoms with E-state index in [1.165, 1.54) is 36.4 Å². The van der Waals surface area contributed by atoms with Crippen LogP contribution in [0.2, 0.25) is 0 Å². The maximum absolute atomic E-state index is 11.6. The third-order valence-electron chi connectivity index (χ3n) is 2.59. The Hall–Kier alpha value is -1.08. The van der Waals surface area contributed by atoms with Crippen LogP contribution in [0, 0.1) is 0 Å². The number of benzene rings is 2. The van der Waals surface area contributed by atoms with E-state index < -0.39 is 18.1 Å². The molecule has 2 aromatic rings. The zero-order valence-electron chi connectivity index (χ0n) is 9.82. The monoisotopic (exact) mass is 350 g/mol. The van der Waals surface area contributed by atoms with Crippen molar-refractivity contribution in [1.29, 1.82) is 0 Å². The van der Waals surface area contributed by atoms with Crippen LogP contribution in [-0.2, 0) is 18.1 Å². The predicted octanol–water partition coefficient (Wildman–Crippen LogP) is 3.21. The SMILES string of the molecule is O=S(=O)(Cl)c1ccccc1-c1ccccc1S(=O)(=O)Cl. The van der Waals surface area contributed by atoms with Crippen molar-refractivity contribution in [1.82, 2.24) is 0 Å². The van der Waals surface area contributed by atoms with Gasteiger partial charge in [0.15, 0.2) is 0 Å². The Bertz CT molecular complexity index is 785. The molecule has 8 heteroatoms. The minimum absolute atomic E-state index is 0.172. The van der Waals surface area contributed by atoms with Crippen LogP contribution in [0.3, 0.4) is 0 Å². The van der Waals surface area contributed by atoms with Crippen molar-refractivity contribution in [3.63, 3.8) is 0 Å². The highest BCUT2D eigenvalue weighted by Gasteiger charge is 2.22. The van der Waals surface area contributed by atoms with Crippen LogP contribution >= 0.6 is 21.4 Å². The fourth-order valence-corrected chi connectivity index (χ4v) is 3.97. The van der Waals surface area contributed by atoms with Gasteiger partial charge < -0.3 is 0 Å². The summed E-state index contributed by atoms with van der Waals surface area (Å²) in [6, 6.07) is 11.7. The summed E-state index contributed by atoms with van der Waals surface area (Å²) in [6.45, 7) is 0. The maximum atomic E-state index is 11.6. The summed E-state index contributed by atoms with van der Waals surface area (Å²) in [5.74, 6) is 0. The van der Waals surface area contributed by atoms with Gasteiger partial charge in [-0.2, -0.15) is 0 Å².